The first-order valence-corrected chi connectivity index (χ1v) is 10.5. The summed E-state index contributed by atoms with van der Waals surface area (Å²) in [4.78, 5) is 11.4. The van der Waals surface area contributed by atoms with Crippen LogP contribution in [-0.2, 0) is 26.3 Å². The zero-order valence-corrected chi connectivity index (χ0v) is 16.2. The Labute approximate surface area is 164 Å². The van der Waals surface area contributed by atoms with Crippen molar-refractivity contribution in [1.82, 2.24) is 20.2 Å². The molecule has 10 nitrogen and oxygen atoms in total. The number of sulfonamides is 1. The third kappa shape index (κ3) is 4.58. The normalized spacial score (nSPS) is 14.1. The van der Waals surface area contributed by atoms with Crippen molar-refractivity contribution in [3.05, 3.63) is 28.1 Å². The summed E-state index contributed by atoms with van der Waals surface area (Å²) in [6.45, 7) is 0.556. The second-order valence-electron chi connectivity index (χ2n) is 5.43. The van der Waals surface area contributed by atoms with Gasteiger partial charge in [-0.15, -0.1) is 16.9 Å². The highest BCUT2D eigenvalue weighted by Crippen LogP contribution is 2.35. The number of anilines is 1. The lowest BCUT2D eigenvalue weighted by molar-refractivity contribution is -0.132. The van der Waals surface area contributed by atoms with Crippen LogP contribution in [0.15, 0.2) is 28.0 Å². The minimum atomic E-state index is -4.06. The van der Waals surface area contributed by atoms with E-state index in [1.54, 1.807) is 11.8 Å². The van der Waals surface area contributed by atoms with Crippen LogP contribution < -0.4 is 10.5 Å². The van der Waals surface area contributed by atoms with E-state index in [0.717, 1.165) is 17.1 Å². The summed E-state index contributed by atoms with van der Waals surface area (Å²) < 4.78 is 29.6. The Morgan fingerprint density at radius 2 is 2.26 bits per heavy atom. The lowest BCUT2D eigenvalue weighted by atomic mass is 10.1. The summed E-state index contributed by atoms with van der Waals surface area (Å²) in [6.07, 6.45) is 3.13. The van der Waals surface area contributed by atoms with Crippen LogP contribution in [0.5, 0.6) is 0 Å². The SMILES string of the molecule is NS(=O)(=O)c1cc(-c2nnnn2COC=O)c(NCC2=CCCS2)cc1Cl. The van der Waals surface area contributed by atoms with Crippen LogP contribution in [0.4, 0.5) is 5.69 Å². The molecule has 3 rings (SSSR count). The highest BCUT2D eigenvalue weighted by atomic mass is 35.5. The number of nitrogens with zero attached hydrogens (tertiary/aromatic N) is 4. The van der Waals surface area contributed by atoms with Crippen LogP contribution in [0, 0.1) is 0 Å². The third-order valence-electron chi connectivity index (χ3n) is 3.65. The first kappa shape index (κ1) is 19.6. The van der Waals surface area contributed by atoms with Gasteiger partial charge in [0.25, 0.3) is 6.47 Å². The number of hydrogen-bond donors (Lipinski definition) is 2. The number of primary sulfonamides is 1. The van der Waals surface area contributed by atoms with Crippen LogP contribution in [0.3, 0.4) is 0 Å². The Morgan fingerprint density at radius 3 is 2.93 bits per heavy atom. The monoisotopic (exact) mass is 430 g/mol. The van der Waals surface area contributed by atoms with Gasteiger partial charge in [-0.25, -0.2) is 13.6 Å². The van der Waals surface area contributed by atoms with Crippen molar-refractivity contribution in [2.24, 2.45) is 5.14 Å². The molecule has 1 aromatic heterocycles. The standard InChI is InChI=1S/C14H15ClN6O4S2/c15-11-5-12(17-6-9-2-1-3-26-9)10(4-13(11)27(16,23)24)14-18-19-20-21(14)7-25-8-22/h2,4-5,8,17H,1,3,6-7H2,(H2,16,23,24). The van der Waals surface area contributed by atoms with Crippen molar-refractivity contribution in [2.45, 2.75) is 18.0 Å². The molecule has 0 aliphatic carbocycles. The number of carbonyl (C=O) groups is 1. The Balaban J connectivity index is 2.05. The van der Waals surface area contributed by atoms with Crippen molar-refractivity contribution in [3.63, 3.8) is 0 Å². The number of tetrazole rings is 1. The first-order chi connectivity index (χ1) is 12.9. The van der Waals surface area contributed by atoms with Crippen LogP contribution in [0.25, 0.3) is 11.4 Å². The van der Waals surface area contributed by atoms with E-state index in [1.807, 2.05) is 0 Å². The summed E-state index contributed by atoms with van der Waals surface area (Å²) >= 11 is 7.85. The molecule has 0 fully saturated rings. The van der Waals surface area contributed by atoms with E-state index in [0.29, 0.717) is 17.8 Å². The van der Waals surface area contributed by atoms with Crippen LogP contribution >= 0.6 is 23.4 Å². The topological polar surface area (TPSA) is 142 Å². The maximum Gasteiger partial charge on any atom is 0.294 e. The fourth-order valence-electron chi connectivity index (χ4n) is 2.46. The number of thioether (sulfide) groups is 1. The van der Waals surface area contributed by atoms with E-state index in [4.69, 9.17) is 16.7 Å². The highest BCUT2D eigenvalue weighted by molar-refractivity contribution is 8.03. The predicted octanol–water partition coefficient (Wildman–Crippen LogP) is 1.20. The molecule has 1 aromatic carbocycles. The third-order valence-corrected chi connectivity index (χ3v) is 6.14. The van der Waals surface area contributed by atoms with Crippen molar-refractivity contribution < 1.29 is 17.9 Å². The molecule has 0 spiro atoms. The van der Waals surface area contributed by atoms with Crippen molar-refractivity contribution in [3.8, 4) is 11.4 Å². The molecule has 0 atom stereocenters. The zero-order chi connectivity index (χ0) is 19.4. The second-order valence-corrected chi connectivity index (χ2v) is 8.59. The number of allylic oxidation sites excluding steroid dienone is 1. The molecule has 2 aromatic rings. The van der Waals surface area contributed by atoms with Gasteiger partial charge in [-0.3, -0.25) is 4.79 Å². The van der Waals surface area contributed by atoms with E-state index in [2.05, 4.69) is 31.7 Å². The van der Waals surface area contributed by atoms with E-state index in [1.165, 1.54) is 16.8 Å². The van der Waals surface area contributed by atoms with Crippen molar-refractivity contribution in [1.29, 1.82) is 0 Å². The van der Waals surface area contributed by atoms with Gasteiger partial charge >= 0.3 is 0 Å². The molecule has 13 heteroatoms. The number of aromatic nitrogens is 4. The molecule has 0 unspecified atom stereocenters. The van der Waals surface area contributed by atoms with E-state index >= 15 is 0 Å². The fourth-order valence-corrected chi connectivity index (χ4v) is 4.47. The average molecular weight is 431 g/mol. The predicted molar refractivity (Wildman–Crippen MR) is 100 cm³/mol. The zero-order valence-electron chi connectivity index (χ0n) is 13.8. The number of nitrogens with one attached hydrogen (secondary N) is 1. The summed E-state index contributed by atoms with van der Waals surface area (Å²) in [5.41, 5.74) is 0.870. The van der Waals surface area contributed by atoms with E-state index in [-0.39, 0.29) is 28.9 Å². The quantitative estimate of drug-likeness (QED) is 0.590. The lowest BCUT2D eigenvalue weighted by Gasteiger charge is -2.14. The van der Waals surface area contributed by atoms with Crippen LogP contribution in [0.2, 0.25) is 5.02 Å². The Morgan fingerprint density at radius 1 is 1.44 bits per heavy atom. The van der Waals surface area contributed by atoms with Gasteiger partial charge in [0.2, 0.25) is 10.0 Å². The van der Waals surface area contributed by atoms with Gasteiger partial charge in [-0.1, -0.05) is 17.7 Å². The average Bonchev–Trinajstić information content (AvgIpc) is 3.28. The Bertz CT molecular complexity index is 991. The molecular formula is C14H15ClN6O4S2. The number of halogens is 1. The van der Waals surface area contributed by atoms with Gasteiger partial charge in [0.15, 0.2) is 12.6 Å². The van der Waals surface area contributed by atoms with E-state index in [9.17, 15) is 13.2 Å². The number of rotatable bonds is 8. The summed E-state index contributed by atoms with van der Waals surface area (Å²) in [6, 6.07) is 2.75. The number of ether oxygens (including phenoxy) is 1. The lowest BCUT2D eigenvalue weighted by Crippen LogP contribution is -2.14. The van der Waals surface area contributed by atoms with Gasteiger partial charge in [0, 0.05) is 23.5 Å². The first-order valence-electron chi connectivity index (χ1n) is 7.64. The minimum absolute atomic E-state index is 0.0278. The molecule has 0 bridgehead atoms. The van der Waals surface area contributed by atoms with Crippen LogP contribution in [-0.4, -0.2) is 47.4 Å². The smallest absolute Gasteiger partial charge is 0.294 e. The molecule has 1 aliphatic rings. The van der Waals surface area contributed by atoms with E-state index < -0.39 is 10.0 Å². The molecular weight excluding hydrogens is 416 g/mol. The summed E-state index contributed by atoms with van der Waals surface area (Å²) in [5.74, 6) is 1.21. The summed E-state index contributed by atoms with van der Waals surface area (Å²) in [5, 5.41) is 19.6. The van der Waals surface area contributed by atoms with Gasteiger partial charge in [-0.05, 0) is 33.9 Å². The van der Waals surface area contributed by atoms with Gasteiger partial charge in [0.05, 0.1) is 5.02 Å². The molecule has 3 N–H and O–H groups in total. The molecule has 0 radical (unpaired) electrons. The van der Waals surface area contributed by atoms with Crippen LogP contribution in [0.1, 0.15) is 6.42 Å². The number of carbonyl (C=O) groups excluding carboxylic acids is 1. The molecule has 144 valence electrons. The van der Waals surface area contributed by atoms with Gasteiger partial charge in [-0.2, -0.15) is 4.68 Å². The Hall–Kier alpha value is -2.15. The maximum atomic E-state index is 11.8. The number of benzene rings is 1. The second kappa shape index (κ2) is 8.25. The molecule has 0 amide bonds. The highest BCUT2D eigenvalue weighted by Gasteiger charge is 2.21. The molecule has 2 heterocycles. The number of hydrogen-bond acceptors (Lipinski definition) is 9. The molecule has 0 saturated heterocycles. The van der Waals surface area contributed by atoms with Gasteiger partial charge in [0.1, 0.15) is 4.90 Å². The van der Waals surface area contributed by atoms with Crippen molar-refractivity contribution in [2.75, 3.05) is 17.6 Å². The van der Waals surface area contributed by atoms with Crippen molar-refractivity contribution >= 4 is 45.5 Å². The number of nitrogens with two attached hydrogens (primary N) is 1. The maximum absolute atomic E-state index is 11.8. The molecule has 0 saturated carbocycles. The molecule has 1 aliphatic heterocycles. The van der Waals surface area contributed by atoms with Gasteiger partial charge < -0.3 is 10.1 Å². The fraction of sp³-hybridized carbons (Fsp3) is 0.286. The minimum Gasteiger partial charge on any atom is -0.444 e. The summed E-state index contributed by atoms with van der Waals surface area (Å²) in [7, 11) is -4.06. The molecule has 27 heavy (non-hydrogen) atoms. The Kier molecular flexibility index (Phi) is 5.99. The largest absolute Gasteiger partial charge is 0.444 e.